The van der Waals surface area contributed by atoms with Crippen LogP contribution in [0.1, 0.15) is 40.3 Å². The zero-order valence-corrected chi connectivity index (χ0v) is 16.0. The van der Waals surface area contributed by atoms with Gasteiger partial charge in [0, 0.05) is 28.3 Å². The van der Waals surface area contributed by atoms with E-state index in [1.807, 2.05) is 32.9 Å². The van der Waals surface area contributed by atoms with Crippen molar-refractivity contribution in [1.82, 2.24) is 9.71 Å². The Morgan fingerprint density at radius 3 is 2.48 bits per heavy atom. The van der Waals surface area contributed by atoms with Crippen molar-refractivity contribution in [1.29, 1.82) is 0 Å². The van der Waals surface area contributed by atoms with E-state index >= 15 is 0 Å². The fraction of sp³-hybridized carbons (Fsp3) is 0.667. The molecule has 1 N–H and O–H groups in total. The van der Waals surface area contributed by atoms with Gasteiger partial charge in [-0.15, -0.1) is 4.72 Å². The smallest absolute Gasteiger partial charge is 0.213 e. The monoisotopic (exact) mass is 376 g/mol. The number of nitrogens with zero attached hydrogens (tertiary/aromatic N) is 1. The van der Waals surface area contributed by atoms with E-state index in [4.69, 9.17) is 4.74 Å². The van der Waals surface area contributed by atoms with Crippen molar-refractivity contribution in [3.63, 3.8) is 0 Å². The maximum Gasteiger partial charge on any atom is 0.213 e. The van der Waals surface area contributed by atoms with Gasteiger partial charge in [-0.05, 0) is 48.7 Å². The molecule has 1 rings (SSSR count). The van der Waals surface area contributed by atoms with Crippen LogP contribution in [-0.4, -0.2) is 27.4 Å². The Labute approximate surface area is 139 Å². The highest BCUT2D eigenvalue weighted by atomic mass is 79.9. The van der Waals surface area contributed by atoms with Crippen molar-refractivity contribution in [2.45, 2.75) is 51.8 Å². The number of ether oxygens (including phenoxy) is 1. The van der Waals surface area contributed by atoms with E-state index in [-0.39, 0.29) is 10.8 Å². The summed E-state index contributed by atoms with van der Waals surface area (Å²) in [6.45, 7) is 10.1. The minimum Gasteiger partial charge on any atom is -0.598 e. The first-order valence-corrected chi connectivity index (χ1v) is 8.97. The van der Waals surface area contributed by atoms with Crippen LogP contribution in [-0.2, 0) is 17.8 Å². The summed E-state index contributed by atoms with van der Waals surface area (Å²) in [6, 6.07) is 3.83. The number of rotatable bonds is 6. The minimum atomic E-state index is -1.10. The predicted octanol–water partition coefficient (Wildman–Crippen LogP) is 3.47. The fourth-order valence-corrected chi connectivity index (χ4v) is 3.02. The number of halogens is 1. The van der Waals surface area contributed by atoms with Crippen LogP contribution in [0, 0.1) is 5.92 Å². The van der Waals surface area contributed by atoms with Gasteiger partial charge in [-0.25, -0.2) is 4.98 Å². The van der Waals surface area contributed by atoms with E-state index in [1.165, 1.54) is 0 Å². The van der Waals surface area contributed by atoms with E-state index in [2.05, 4.69) is 39.5 Å². The Morgan fingerprint density at radius 1 is 1.38 bits per heavy atom. The molecular weight excluding hydrogens is 352 g/mol. The SMILES string of the molecule is COc1ccc(Br)c(CC(N[S+]([O-])C(C)(C)C)C(C)C)n1. The van der Waals surface area contributed by atoms with Gasteiger partial charge in [0.1, 0.15) is 4.75 Å². The maximum absolute atomic E-state index is 12.3. The highest BCUT2D eigenvalue weighted by Crippen LogP contribution is 2.23. The molecule has 2 atom stereocenters. The second-order valence-electron chi connectivity index (χ2n) is 6.34. The molecule has 0 radical (unpaired) electrons. The van der Waals surface area contributed by atoms with E-state index in [1.54, 1.807) is 7.11 Å². The number of hydrogen-bond donors (Lipinski definition) is 1. The Bertz CT molecular complexity index is 463. The normalized spacial score (nSPS) is 15.1. The van der Waals surface area contributed by atoms with Gasteiger partial charge in [0.2, 0.25) is 5.88 Å². The summed E-state index contributed by atoms with van der Waals surface area (Å²) >= 11 is 2.42. The van der Waals surface area contributed by atoms with Gasteiger partial charge in [0.25, 0.3) is 0 Å². The Morgan fingerprint density at radius 2 is 2.00 bits per heavy atom. The van der Waals surface area contributed by atoms with Gasteiger partial charge in [0.15, 0.2) is 0 Å². The molecule has 2 unspecified atom stereocenters. The molecule has 4 nitrogen and oxygen atoms in total. The third kappa shape index (κ3) is 5.77. The molecule has 0 saturated carbocycles. The van der Waals surface area contributed by atoms with Crippen LogP contribution < -0.4 is 9.46 Å². The Kier molecular flexibility index (Phi) is 6.97. The van der Waals surface area contributed by atoms with Crippen LogP contribution in [0.5, 0.6) is 5.88 Å². The minimum absolute atomic E-state index is 0.0842. The van der Waals surface area contributed by atoms with Crippen molar-refractivity contribution >= 4 is 27.3 Å². The first-order chi connectivity index (χ1) is 9.65. The summed E-state index contributed by atoms with van der Waals surface area (Å²) in [4.78, 5) is 4.47. The van der Waals surface area contributed by atoms with Gasteiger partial charge in [-0.2, -0.15) is 0 Å². The highest BCUT2D eigenvalue weighted by Gasteiger charge is 2.30. The standard InChI is InChI=1S/C15H25BrN2O2S/c1-10(2)12(18-21(19)15(3,4)5)9-13-11(16)7-8-14(17-13)20-6/h7-8,10,12,18H,9H2,1-6H3. The van der Waals surface area contributed by atoms with Gasteiger partial charge in [0.05, 0.1) is 18.8 Å². The molecule has 1 aromatic heterocycles. The molecule has 21 heavy (non-hydrogen) atoms. The first-order valence-electron chi connectivity index (χ1n) is 7.02. The molecule has 0 fully saturated rings. The lowest BCUT2D eigenvalue weighted by molar-refractivity contribution is 0.391. The lowest BCUT2D eigenvalue weighted by atomic mass is 10.0. The Hall–Kier alpha value is -0.300. The quantitative estimate of drug-likeness (QED) is 0.772. The van der Waals surface area contributed by atoms with Crippen LogP contribution in [0.4, 0.5) is 0 Å². The number of aromatic nitrogens is 1. The molecule has 0 amide bonds. The number of hydrogen-bond acceptors (Lipinski definition) is 4. The predicted molar refractivity (Wildman–Crippen MR) is 91.9 cm³/mol. The van der Waals surface area contributed by atoms with Crippen molar-refractivity contribution in [2.75, 3.05) is 7.11 Å². The number of methoxy groups -OCH3 is 1. The van der Waals surface area contributed by atoms with E-state index < -0.39 is 11.4 Å². The maximum atomic E-state index is 12.3. The molecular formula is C15H25BrN2O2S. The Balaban J connectivity index is 2.89. The van der Waals surface area contributed by atoms with Crippen molar-refractivity contribution < 1.29 is 9.29 Å². The molecule has 0 saturated heterocycles. The van der Waals surface area contributed by atoms with Crippen LogP contribution in [0.15, 0.2) is 16.6 Å². The summed E-state index contributed by atoms with van der Waals surface area (Å²) in [5.74, 6) is 0.934. The first kappa shape index (κ1) is 18.7. The molecule has 0 bridgehead atoms. The number of nitrogens with one attached hydrogen (secondary N) is 1. The summed E-state index contributed by atoms with van der Waals surface area (Å²) in [5.41, 5.74) is 0.909. The average molecular weight is 377 g/mol. The van der Waals surface area contributed by atoms with Gasteiger partial charge >= 0.3 is 0 Å². The van der Waals surface area contributed by atoms with Crippen molar-refractivity contribution in [3.8, 4) is 5.88 Å². The summed E-state index contributed by atoms with van der Waals surface area (Å²) in [5, 5.41) is 0. The molecule has 120 valence electrons. The molecule has 0 aliphatic heterocycles. The van der Waals surface area contributed by atoms with E-state index in [0.717, 1.165) is 10.2 Å². The molecule has 6 heteroatoms. The fourth-order valence-electron chi connectivity index (χ4n) is 1.66. The third-order valence-corrected chi connectivity index (χ3v) is 5.49. The van der Waals surface area contributed by atoms with Crippen LogP contribution >= 0.6 is 15.9 Å². The number of pyridine rings is 1. The lowest BCUT2D eigenvalue weighted by Crippen LogP contribution is -2.47. The summed E-state index contributed by atoms with van der Waals surface area (Å²) in [6.07, 6.45) is 0.692. The van der Waals surface area contributed by atoms with Gasteiger partial charge < -0.3 is 9.29 Å². The van der Waals surface area contributed by atoms with Crippen molar-refractivity contribution in [2.24, 2.45) is 5.92 Å². The molecule has 0 aromatic carbocycles. The zero-order chi connectivity index (χ0) is 16.2. The second kappa shape index (κ2) is 7.81. The topological polar surface area (TPSA) is 57.2 Å². The zero-order valence-electron chi connectivity index (χ0n) is 13.6. The van der Waals surface area contributed by atoms with Crippen molar-refractivity contribution in [3.05, 3.63) is 22.3 Å². The summed E-state index contributed by atoms with van der Waals surface area (Å²) in [7, 11) is 1.60. The largest absolute Gasteiger partial charge is 0.598 e. The highest BCUT2D eigenvalue weighted by molar-refractivity contribution is 9.10. The molecule has 1 aromatic rings. The van der Waals surface area contributed by atoms with E-state index in [0.29, 0.717) is 18.2 Å². The molecule has 0 aliphatic rings. The van der Waals surface area contributed by atoms with Gasteiger partial charge in [-0.3, -0.25) is 0 Å². The third-order valence-electron chi connectivity index (χ3n) is 3.13. The summed E-state index contributed by atoms with van der Waals surface area (Å²) < 4.78 is 21.4. The van der Waals surface area contributed by atoms with Crippen LogP contribution in [0.3, 0.4) is 0 Å². The molecule has 0 aliphatic carbocycles. The molecule has 0 spiro atoms. The lowest BCUT2D eigenvalue weighted by Gasteiger charge is -2.29. The van der Waals surface area contributed by atoms with Crippen LogP contribution in [0.25, 0.3) is 0 Å². The van der Waals surface area contributed by atoms with Gasteiger partial charge in [-0.1, -0.05) is 13.8 Å². The second-order valence-corrected chi connectivity index (χ2v) is 9.19. The van der Waals surface area contributed by atoms with E-state index in [9.17, 15) is 4.55 Å². The average Bonchev–Trinajstić information content (AvgIpc) is 2.38. The molecule has 1 heterocycles. The van der Waals surface area contributed by atoms with Crippen LogP contribution in [0.2, 0.25) is 0 Å².